The molecule has 19 heavy (non-hydrogen) atoms. The molecule has 0 bridgehead atoms. The van der Waals surface area contributed by atoms with Gasteiger partial charge in [-0.3, -0.25) is 15.0 Å². The molecule has 0 aliphatic carbocycles. The number of benzene rings is 1. The summed E-state index contributed by atoms with van der Waals surface area (Å²) in [6, 6.07) is 6.71. The lowest BCUT2D eigenvalue weighted by Crippen LogP contribution is -2.33. The zero-order valence-corrected chi connectivity index (χ0v) is 11.2. The molecule has 0 heterocycles. The van der Waals surface area contributed by atoms with Crippen molar-refractivity contribution in [3.8, 4) is 0 Å². The van der Waals surface area contributed by atoms with Crippen LogP contribution in [0.25, 0.3) is 0 Å². The fraction of sp³-hybridized carbons (Fsp3) is 0.286. The van der Waals surface area contributed by atoms with Crippen LogP contribution in [0.2, 0.25) is 0 Å². The maximum Gasteiger partial charge on any atom is 0.269 e. The van der Waals surface area contributed by atoms with Gasteiger partial charge in [-0.2, -0.15) is 0 Å². The minimum absolute atomic E-state index is 0.0522. The highest BCUT2D eigenvalue weighted by Crippen LogP contribution is 2.09. The van der Waals surface area contributed by atoms with E-state index in [9.17, 15) is 9.59 Å². The van der Waals surface area contributed by atoms with Gasteiger partial charge in [0.1, 0.15) is 0 Å². The summed E-state index contributed by atoms with van der Waals surface area (Å²) in [6.07, 6.45) is 4.89. The van der Waals surface area contributed by atoms with E-state index in [1.165, 1.54) is 0 Å². The predicted molar refractivity (Wildman–Crippen MR) is 75.4 cm³/mol. The molecule has 5 nitrogen and oxygen atoms in total. The van der Waals surface area contributed by atoms with Gasteiger partial charge in [0.25, 0.3) is 5.91 Å². The van der Waals surface area contributed by atoms with Crippen molar-refractivity contribution in [1.29, 1.82) is 0 Å². The van der Waals surface area contributed by atoms with Gasteiger partial charge in [-0.05, 0) is 30.7 Å². The quantitative estimate of drug-likeness (QED) is 0.687. The van der Waals surface area contributed by atoms with E-state index in [1.54, 1.807) is 37.4 Å². The van der Waals surface area contributed by atoms with E-state index in [-0.39, 0.29) is 11.8 Å². The molecule has 3 N–H and O–H groups in total. The summed E-state index contributed by atoms with van der Waals surface area (Å²) in [5.41, 5.74) is 6.44. The molecule has 0 saturated heterocycles. The molecule has 0 saturated carbocycles. The van der Waals surface area contributed by atoms with E-state index >= 15 is 0 Å². The normalized spacial score (nSPS) is 10.2. The Balaban J connectivity index is 2.53. The summed E-state index contributed by atoms with van der Waals surface area (Å²) in [6.45, 7) is 3.79. The topological polar surface area (TPSA) is 70.2 Å². The largest absolute Gasteiger partial charge is 0.326 e. The average molecular weight is 261 g/mol. The van der Waals surface area contributed by atoms with E-state index < -0.39 is 0 Å². The smallest absolute Gasteiger partial charge is 0.269 e. The second-order valence-electron chi connectivity index (χ2n) is 3.89. The summed E-state index contributed by atoms with van der Waals surface area (Å²) < 4.78 is 0. The summed E-state index contributed by atoms with van der Waals surface area (Å²) in [5, 5.41) is 2.72. The molecule has 5 heteroatoms. The standard InChI is InChI=1S/C14H19N3O2/c1-3-5-10-15-17-14(19)11-6-8-12(9-7-11)16-13(18)4-2/h5-10,15H,3-4H2,1-2H3,(H,16,18)(H,17,19). The fourth-order valence-electron chi connectivity index (χ4n) is 1.31. The van der Waals surface area contributed by atoms with Gasteiger partial charge in [-0.15, -0.1) is 0 Å². The highest BCUT2D eigenvalue weighted by Gasteiger charge is 2.04. The Hall–Kier alpha value is -2.30. The first kappa shape index (κ1) is 14.8. The second kappa shape index (κ2) is 7.92. The first-order valence-corrected chi connectivity index (χ1v) is 6.28. The minimum Gasteiger partial charge on any atom is -0.326 e. The van der Waals surface area contributed by atoms with Crippen LogP contribution in [0.1, 0.15) is 37.0 Å². The van der Waals surface area contributed by atoms with Crippen LogP contribution in [0.15, 0.2) is 36.5 Å². The number of amides is 2. The monoisotopic (exact) mass is 261 g/mol. The van der Waals surface area contributed by atoms with Gasteiger partial charge < -0.3 is 10.7 Å². The van der Waals surface area contributed by atoms with Gasteiger partial charge in [0.15, 0.2) is 0 Å². The molecule has 1 aromatic rings. The maximum absolute atomic E-state index is 11.7. The molecule has 2 amide bonds. The Morgan fingerprint density at radius 3 is 2.42 bits per heavy atom. The van der Waals surface area contributed by atoms with Crippen LogP contribution in [-0.4, -0.2) is 11.8 Å². The van der Waals surface area contributed by atoms with Crippen LogP contribution in [-0.2, 0) is 4.79 Å². The third kappa shape index (κ3) is 5.25. The van der Waals surface area contributed by atoms with Crippen LogP contribution in [0.5, 0.6) is 0 Å². The van der Waals surface area contributed by atoms with Crippen LogP contribution in [0.4, 0.5) is 5.69 Å². The van der Waals surface area contributed by atoms with Crippen molar-refractivity contribution in [2.75, 3.05) is 5.32 Å². The molecular weight excluding hydrogens is 242 g/mol. The number of anilines is 1. The van der Waals surface area contributed by atoms with E-state index in [0.29, 0.717) is 17.7 Å². The van der Waals surface area contributed by atoms with Gasteiger partial charge in [-0.25, -0.2) is 0 Å². The number of hydrogen-bond donors (Lipinski definition) is 3. The third-order valence-corrected chi connectivity index (χ3v) is 2.37. The van der Waals surface area contributed by atoms with Crippen molar-refractivity contribution < 1.29 is 9.59 Å². The Labute approximate surface area is 113 Å². The number of hydrazine groups is 1. The molecule has 1 rings (SSSR count). The number of allylic oxidation sites excluding steroid dienone is 1. The number of rotatable bonds is 6. The molecular formula is C14H19N3O2. The zero-order chi connectivity index (χ0) is 14.1. The molecule has 1 aromatic carbocycles. The Bertz CT molecular complexity index is 452. The van der Waals surface area contributed by atoms with Crippen LogP contribution in [0, 0.1) is 0 Å². The number of hydrogen-bond acceptors (Lipinski definition) is 3. The lowest BCUT2D eigenvalue weighted by molar-refractivity contribution is -0.115. The minimum atomic E-state index is -0.228. The number of carbonyl (C=O) groups is 2. The van der Waals surface area contributed by atoms with Gasteiger partial charge in [0.05, 0.1) is 0 Å². The number of nitrogens with one attached hydrogen (secondary N) is 3. The molecule has 0 spiro atoms. The molecule has 0 aliphatic heterocycles. The zero-order valence-electron chi connectivity index (χ0n) is 11.2. The first-order chi connectivity index (χ1) is 9.17. The Kier molecular flexibility index (Phi) is 6.15. The van der Waals surface area contributed by atoms with Crippen molar-refractivity contribution >= 4 is 17.5 Å². The lowest BCUT2D eigenvalue weighted by Gasteiger charge is -2.06. The van der Waals surface area contributed by atoms with Gasteiger partial charge in [-0.1, -0.05) is 19.9 Å². The molecule has 0 fully saturated rings. The molecule has 0 atom stereocenters. The highest BCUT2D eigenvalue weighted by molar-refractivity contribution is 5.95. The van der Waals surface area contributed by atoms with Crippen LogP contribution < -0.4 is 16.2 Å². The Morgan fingerprint density at radius 1 is 1.16 bits per heavy atom. The van der Waals surface area contributed by atoms with Crippen LogP contribution in [0.3, 0.4) is 0 Å². The predicted octanol–water partition coefficient (Wildman–Crippen LogP) is 2.19. The van der Waals surface area contributed by atoms with E-state index in [2.05, 4.69) is 16.2 Å². The fourth-order valence-corrected chi connectivity index (χ4v) is 1.31. The molecule has 102 valence electrons. The van der Waals surface area contributed by atoms with Crippen molar-refractivity contribution in [3.63, 3.8) is 0 Å². The summed E-state index contributed by atoms with van der Waals surface area (Å²) in [5.74, 6) is -0.280. The molecule has 0 aliphatic rings. The molecule has 0 unspecified atom stereocenters. The van der Waals surface area contributed by atoms with E-state index in [1.807, 2.05) is 13.0 Å². The summed E-state index contributed by atoms with van der Waals surface area (Å²) in [7, 11) is 0. The molecule has 0 radical (unpaired) electrons. The second-order valence-corrected chi connectivity index (χ2v) is 3.89. The lowest BCUT2D eigenvalue weighted by atomic mass is 10.2. The first-order valence-electron chi connectivity index (χ1n) is 6.28. The Morgan fingerprint density at radius 2 is 1.84 bits per heavy atom. The highest BCUT2D eigenvalue weighted by atomic mass is 16.2. The SMILES string of the molecule is CCC=CNNC(=O)c1ccc(NC(=O)CC)cc1. The van der Waals surface area contributed by atoms with Gasteiger partial charge in [0, 0.05) is 23.9 Å². The van der Waals surface area contributed by atoms with E-state index in [0.717, 1.165) is 6.42 Å². The summed E-state index contributed by atoms with van der Waals surface area (Å²) in [4.78, 5) is 22.9. The third-order valence-electron chi connectivity index (χ3n) is 2.37. The van der Waals surface area contributed by atoms with Crippen molar-refractivity contribution in [2.24, 2.45) is 0 Å². The van der Waals surface area contributed by atoms with Crippen LogP contribution >= 0.6 is 0 Å². The number of carbonyl (C=O) groups excluding carboxylic acids is 2. The molecule has 0 aromatic heterocycles. The summed E-state index contributed by atoms with van der Waals surface area (Å²) >= 11 is 0. The van der Waals surface area contributed by atoms with Gasteiger partial charge >= 0.3 is 0 Å². The average Bonchev–Trinajstić information content (AvgIpc) is 2.44. The maximum atomic E-state index is 11.7. The van der Waals surface area contributed by atoms with Crippen molar-refractivity contribution in [1.82, 2.24) is 10.9 Å². The van der Waals surface area contributed by atoms with Crippen molar-refractivity contribution in [3.05, 3.63) is 42.1 Å². The van der Waals surface area contributed by atoms with Crippen molar-refractivity contribution in [2.45, 2.75) is 26.7 Å². The van der Waals surface area contributed by atoms with E-state index in [4.69, 9.17) is 0 Å². The van der Waals surface area contributed by atoms with Gasteiger partial charge in [0.2, 0.25) is 5.91 Å².